The van der Waals surface area contributed by atoms with Gasteiger partial charge in [-0.25, -0.2) is 4.79 Å². The number of nitrogens with one attached hydrogen (secondary N) is 2. The van der Waals surface area contributed by atoms with Crippen LogP contribution in [0.3, 0.4) is 0 Å². The summed E-state index contributed by atoms with van der Waals surface area (Å²) < 4.78 is 11.5. The third kappa shape index (κ3) is 7.12. The van der Waals surface area contributed by atoms with Crippen LogP contribution >= 0.6 is 17.0 Å². The number of halogens is 1. The molecular formula is C29H39BrN4O6. The topological polar surface area (TPSA) is 132 Å². The minimum absolute atomic E-state index is 0. The van der Waals surface area contributed by atoms with E-state index in [1.165, 1.54) is 0 Å². The molecule has 1 aliphatic rings. The molecule has 0 fully saturated rings. The lowest BCUT2D eigenvalue weighted by molar-refractivity contribution is -0.139. The number of ether oxygens (including phenoxy) is 2. The molecule has 10 nitrogen and oxygen atoms in total. The van der Waals surface area contributed by atoms with Crippen LogP contribution in [-0.2, 0) is 16.8 Å². The van der Waals surface area contributed by atoms with E-state index in [-0.39, 0.29) is 41.1 Å². The lowest BCUT2D eigenvalue weighted by Crippen LogP contribution is -2.31. The van der Waals surface area contributed by atoms with E-state index in [2.05, 4.69) is 5.32 Å². The zero-order valence-corrected chi connectivity index (χ0v) is 25.8. The third-order valence-electron chi connectivity index (χ3n) is 6.43. The Hall–Kier alpha value is -3.60. The quantitative estimate of drug-likeness (QED) is 0.318. The van der Waals surface area contributed by atoms with Gasteiger partial charge in [-0.2, -0.15) is 0 Å². The minimum atomic E-state index is -1.09. The zero-order valence-electron chi connectivity index (χ0n) is 24.1. The Morgan fingerprint density at radius 3 is 2.35 bits per heavy atom. The van der Waals surface area contributed by atoms with Gasteiger partial charge in [0.25, 0.3) is 5.91 Å². The molecule has 0 saturated carbocycles. The van der Waals surface area contributed by atoms with Gasteiger partial charge in [-0.05, 0) is 41.7 Å². The number of nitrogens with zero attached hydrogens (tertiary/aromatic N) is 2. The number of carbonyl (C=O) groups excluding carboxylic acids is 2. The number of benzene rings is 2. The normalized spacial score (nSPS) is 12.4. The van der Waals surface area contributed by atoms with Gasteiger partial charge in [-0.1, -0.05) is 27.7 Å². The van der Waals surface area contributed by atoms with Crippen molar-refractivity contribution in [3.63, 3.8) is 0 Å². The van der Waals surface area contributed by atoms with Gasteiger partial charge >= 0.3 is 5.97 Å². The number of amidine groups is 1. The Morgan fingerprint density at radius 2 is 1.80 bits per heavy atom. The summed E-state index contributed by atoms with van der Waals surface area (Å²) in [6.45, 7) is 8.15. The third-order valence-corrected chi connectivity index (χ3v) is 6.43. The summed E-state index contributed by atoms with van der Waals surface area (Å²) >= 11 is 0. The molecule has 2 aromatic rings. The summed E-state index contributed by atoms with van der Waals surface area (Å²) in [5.74, 6) is -0.541. The summed E-state index contributed by atoms with van der Waals surface area (Å²) in [7, 11) is 5.15. The molecule has 0 atom stereocenters. The molecule has 3 N–H and O–H groups in total. The Balaban J connectivity index is 0.00000560. The zero-order chi connectivity index (χ0) is 29.1. The number of carbonyl (C=O) groups is 3. The van der Waals surface area contributed by atoms with Crippen molar-refractivity contribution in [2.45, 2.75) is 46.1 Å². The Kier molecular flexibility index (Phi) is 10.7. The average Bonchev–Trinajstić information content (AvgIpc) is 3.17. The number of anilines is 1. The number of aliphatic carboxylic acids is 1. The SMILES string of the molecule is Br.CCCOc1cc2c(cc1C(=O)NC)C(=N)N(CC(=O)c1cc(N(C)C)c(OCC(=O)O)c(C(C)(C)C)c1)C2. The van der Waals surface area contributed by atoms with E-state index in [0.29, 0.717) is 52.6 Å². The van der Waals surface area contributed by atoms with Gasteiger partial charge in [0, 0.05) is 44.4 Å². The van der Waals surface area contributed by atoms with E-state index in [1.807, 2.05) is 27.7 Å². The molecule has 0 aromatic heterocycles. The molecule has 0 bridgehead atoms. The number of Topliss-reactive ketones (excluding diaryl/α,β-unsaturated/α-hetero) is 1. The Labute approximate surface area is 245 Å². The largest absolute Gasteiger partial charge is 0.493 e. The molecule has 218 valence electrons. The molecule has 1 heterocycles. The molecule has 0 saturated heterocycles. The van der Waals surface area contributed by atoms with E-state index < -0.39 is 18.0 Å². The van der Waals surface area contributed by atoms with Crippen LogP contribution in [0.25, 0.3) is 0 Å². The first-order valence-electron chi connectivity index (χ1n) is 12.9. The highest BCUT2D eigenvalue weighted by Crippen LogP contribution is 2.40. The minimum Gasteiger partial charge on any atom is -0.493 e. The predicted octanol–water partition coefficient (Wildman–Crippen LogP) is 4.26. The van der Waals surface area contributed by atoms with Crippen molar-refractivity contribution in [3.8, 4) is 11.5 Å². The van der Waals surface area contributed by atoms with Gasteiger partial charge in [0.05, 0.1) is 24.4 Å². The van der Waals surface area contributed by atoms with Crippen LogP contribution in [0.15, 0.2) is 24.3 Å². The fourth-order valence-corrected chi connectivity index (χ4v) is 4.42. The van der Waals surface area contributed by atoms with Crippen LogP contribution in [0.5, 0.6) is 11.5 Å². The van der Waals surface area contributed by atoms with Gasteiger partial charge < -0.3 is 29.7 Å². The summed E-state index contributed by atoms with van der Waals surface area (Å²) in [4.78, 5) is 40.7. The maximum absolute atomic E-state index is 13.6. The number of carboxylic acids is 1. The van der Waals surface area contributed by atoms with Crippen LogP contribution < -0.4 is 19.7 Å². The highest BCUT2D eigenvalue weighted by molar-refractivity contribution is 8.93. The fourth-order valence-electron chi connectivity index (χ4n) is 4.42. The van der Waals surface area contributed by atoms with Gasteiger partial charge in [-0.3, -0.25) is 15.0 Å². The van der Waals surface area contributed by atoms with Gasteiger partial charge in [0.15, 0.2) is 12.4 Å². The van der Waals surface area contributed by atoms with Crippen LogP contribution in [0.1, 0.15) is 71.5 Å². The molecule has 0 aliphatic carbocycles. The van der Waals surface area contributed by atoms with Gasteiger partial charge in [0.1, 0.15) is 17.3 Å². The van der Waals surface area contributed by atoms with Crippen molar-refractivity contribution in [2.75, 3.05) is 45.8 Å². The first-order chi connectivity index (χ1) is 18.3. The average molecular weight is 620 g/mol. The van der Waals surface area contributed by atoms with Crippen molar-refractivity contribution < 1.29 is 29.0 Å². The summed E-state index contributed by atoms with van der Waals surface area (Å²) in [5.41, 5.74) is 3.07. The summed E-state index contributed by atoms with van der Waals surface area (Å²) in [6.07, 6.45) is 0.784. The lowest BCUT2D eigenvalue weighted by atomic mass is 9.84. The molecule has 2 aromatic carbocycles. The molecular weight excluding hydrogens is 580 g/mol. The number of hydrogen-bond donors (Lipinski definition) is 3. The molecule has 0 spiro atoms. The number of amides is 1. The summed E-state index contributed by atoms with van der Waals surface area (Å²) in [5, 5.41) is 20.5. The first kappa shape index (κ1) is 32.6. The first-order valence-corrected chi connectivity index (χ1v) is 12.9. The number of fused-ring (bicyclic) bond motifs is 1. The van der Waals surface area contributed by atoms with Crippen LogP contribution in [0, 0.1) is 5.41 Å². The molecule has 3 rings (SSSR count). The predicted molar refractivity (Wildman–Crippen MR) is 160 cm³/mol. The Bertz CT molecular complexity index is 1300. The van der Waals surface area contributed by atoms with E-state index in [9.17, 15) is 19.5 Å². The van der Waals surface area contributed by atoms with E-state index in [0.717, 1.165) is 12.0 Å². The summed E-state index contributed by atoms with van der Waals surface area (Å²) in [6, 6.07) is 6.88. The molecule has 1 amide bonds. The van der Waals surface area contributed by atoms with Gasteiger partial charge in [0.2, 0.25) is 0 Å². The molecule has 0 unspecified atom stereocenters. The molecule has 0 radical (unpaired) electrons. The van der Waals surface area contributed by atoms with Crippen LogP contribution in [0.4, 0.5) is 5.69 Å². The van der Waals surface area contributed by atoms with Crippen LogP contribution in [-0.4, -0.2) is 74.4 Å². The van der Waals surface area contributed by atoms with E-state index >= 15 is 0 Å². The standard InChI is InChI=1S/C29H38N4O6.BrH/c1-8-9-38-24-12-18-14-33(27(30)19(18)13-20(24)28(37)31-5)15-23(34)17-10-21(29(2,3)4)26(39-16-25(35)36)22(11-17)32(6)7;/h10-13,30H,8-9,14-16H2,1-7H3,(H,31,37)(H,35,36);1H. The van der Waals surface area contributed by atoms with Crippen molar-refractivity contribution >= 4 is 46.2 Å². The number of carboxylic acid groups (broad SMARTS) is 1. The number of ketones is 1. The molecule has 40 heavy (non-hydrogen) atoms. The molecule has 1 aliphatic heterocycles. The maximum Gasteiger partial charge on any atom is 0.341 e. The van der Waals surface area contributed by atoms with Gasteiger partial charge in [-0.15, -0.1) is 17.0 Å². The smallest absolute Gasteiger partial charge is 0.341 e. The number of hydrogen-bond acceptors (Lipinski definition) is 7. The highest BCUT2D eigenvalue weighted by atomic mass is 79.9. The van der Waals surface area contributed by atoms with E-state index in [4.69, 9.17) is 14.9 Å². The molecule has 11 heteroatoms. The number of rotatable bonds is 11. The second kappa shape index (κ2) is 13.2. The van der Waals surface area contributed by atoms with Crippen molar-refractivity contribution in [3.05, 3.63) is 52.1 Å². The van der Waals surface area contributed by atoms with Crippen molar-refractivity contribution in [2.24, 2.45) is 0 Å². The van der Waals surface area contributed by atoms with E-state index in [1.54, 1.807) is 55.2 Å². The van der Waals surface area contributed by atoms with Crippen molar-refractivity contribution in [1.29, 1.82) is 5.41 Å². The fraction of sp³-hybridized carbons (Fsp3) is 0.448. The second-order valence-corrected chi connectivity index (χ2v) is 10.8. The lowest BCUT2D eigenvalue weighted by Gasteiger charge is -2.28. The monoisotopic (exact) mass is 618 g/mol. The highest BCUT2D eigenvalue weighted by Gasteiger charge is 2.31. The maximum atomic E-state index is 13.6. The second-order valence-electron chi connectivity index (χ2n) is 10.8. The Morgan fingerprint density at radius 1 is 1.12 bits per heavy atom. The van der Waals surface area contributed by atoms with Crippen molar-refractivity contribution in [1.82, 2.24) is 10.2 Å². The van der Waals surface area contributed by atoms with Crippen LogP contribution in [0.2, 0.25) is 0 Å².